The summed E-state index contributed by atoms with van der Waals surface area (Å²) >= 11 is 6.57. The number of aromatic nitrogens is 1. The van der Waals surface area contributed by atoms with E-state index in [4.69, 9.17) is 12.2 Å². The van der Waals surface area contributed by atoms with Crippen molar-refractivity contribution in [1.29, 1.82) is 0 Å². The molecule has 0 saturated heterocycles. The number of rotatable bonds is 3. The highest BCUT2D eigenvalue weighted by Gasteiger charge is 2.03. The Morgan fingerprint density at radius 3 is 3.00 bits per heavy atom. The van der Waals surface area contributed by atoms with Crippen molar-refractivity contribution in [1.82, 2.24) is 9.88 Å². The molecule has 0 fully saturated rings. The lowest BCUT2D eigenvalue weighted by Crippen LogP contribution is -2.24. The van der Waals surface area contributed by atoms with Gasteiger partial charge in [0.1, 0.15) is 5.82 Å². The number of nitrogens with one attached hydrogen (secondary N) is 1. The Morgan fingerprint density at radius 1 is 1.47 bits per heavy atom. The second-order valence-electron chi connectivity index (χ2n) is 3.85. The molecule has 0 bridgehead atoms. The van der Waals surface area contributed by atoms with Gasteiger partial charge in [-0.25, -0.2) is 4.39 Å². The van der Waals surface area contributed by atoms with E-state index in [2.05, 4.69) is 10.3 Å². The van der Waals surface area contributed by atoms with Crippen LogP contribution in [0.1, 0.15) is 12.5 Å². The highest BCUT2D eigenvalue weighted by atomic mass is 32.1. The van der Waals surface area contributed by atoms with Crippen LogP contribution in [0.5, 0.6) is 0 Å². The average Bonchev–Trinajstić information content (AvgIpc) is 2.80. The molecule has 6 heteroatoms. The largest absolute Gasteiger partial charge is 0.361 e. The summed E-state index contributed by atoms with van der Waals surface area (Å²) < 4.78 is 15.5. The van der Waals surface area contributed by atoms with Crippen LogP contribution in [0, 0.1) is 5.82 Å². The summed E-state index contributed by atoms with van der Waals surface area (Å²) in [6.07, 6.45) is 1.88. The van der Waals surface area contributed by atoms with Gasteiger partial charge in [-0.15, -0.1) is 11.3 Å². The van der Waals surface area contributed by atoms with Gasteiger partial charge in [0.15, 0.2) is 9.91 Å². The quantitative estimate of drug-likeness (QED) is 0.882. The van der Waals surface area contributed by atoms with Crippen LogP contribution in [0.4, 0.5) is 4.39 Å². The molecular formula is C13H14FN3S2. The van der Waals surface area contributed by atoms with E-state index in [0.717, 1.165) is 11.3 Å². The van der Waals surface area contributed by atoms with E-state index < -0.39 is 0 Å². The Kier molecular flexibility index (Phi) is 4.81. The van der Waals surface area contributed by atoms with Crippen LogP contribution in [0.3, 0.4) is 0 Å². The highest BCUT2D eigenvalue weighted by Crippen LogP contribution is 2.07. The first-order chi connectivity index (χ1) is 9.20. The van der Waals surface area contributed by atoms with E-state index >= 15 is 0 Å². The van der Waals surface area contributed by atoms with E-state index in [1.165, 1.54) is 17.4 Å². The summed E-state index contributed by atoms with van der Waals surface area (Å²) in [5, 5.41) is 5.33. The van der Waals surface area contributed by atoms with Gasteiger partial charge in [-0.05, 0) is 25.2 Å². The summed E-state index contributed by atoms with van der Waals surface area (Å²) in [6.45, 7) is 3.15. The molecule has 1 heterocycles. The third kappa shape index (κ3) is 3.71. The maximum atomic E-state index is 13.6. The zero-order valence-electron chi connectivity index (χ0n) is 10.5. The van der Waals surface area contributed by atoms with Gasteiger partial charge in [0.05, 0.1) is 6.54 Å². The van der Waals surface area contributed by atoms with Crippen LogP contribution in [0.15, 0.2) is 40.8 Å². The van der Waals surface area contributed by atoms with Crippen LogP contribution in [-0.4, -0.2) is 16.2 Å². The molecule has 2 aromatic rings. The third-order valence-corrected chi connectivity index (χ3v) is 3.51. The first kappa shape index (κ1) is 13.9. The van der Waals surface area contributed by atoms with Gasteiger partial charge in [0.2, 0.25) is 0 Å². The number of thiocarbonyl (C=S) groups is 1. The van der Waals surface area contributed by atoms with Gasteiger partial charge < -0.3 is 9.88 Å². The van der Waals surface area contributed by atoms with Crippen molar-refractivity contribution >= 4 is 28.7 Å². The van der Waals surface area contributed by atoms with E-state index in [0.29, 0.717) is 17.2 Å². The van der Waals surface area contributed by atoms with Crippen LogP contribution >= 0.6 is 23.6 Å². The Hall–Kier alpha value is -1.53. The Bertz CT molecular complexity index is 631. The number of hydrogen-bond acceptors (Lipinski definition) is 2. The Morgan fingerprint density at radius 2 is 2.26 bits per heavy atom. The fraction of sp³-hybridized carbons (Fsp3) is 0.231. The fourth-order valence-electron chi connectivity index (χ4n) is 1.59. The molecule has 0 aliphatic carbocycles. The molecule has 3 nitrogen and oxygen atoms in total. The molecule has 0 saturated carbocycles. The lowest BCUT2D eigenvalue weighted by molar-refractivity contribution is 0.597. The van der Waals surface area contributed by atoms with Crippen molar-refractivity contribution in [3.05, 3.63) is 52.0 Å². The number of benzene rings is 1. The van der Waals surface area contributed by atoms with Gasteiger partial charge in [-0.3, -0.25) is 0 Å². The van der Waals surface area contributed by atoms with Gasteiger partial charge in [0.25, 0.3) is 0 Å². The smallest absolute Gasteiger partial charge is 0.195 e. The second kappa shape index (κ2) is 6.58. The van der Waals surface area contributed by atoms with Crippen molar-refractivity contribution in [3.8, 4) is 0 Å². The topological polar surface area (TPSA) is 29.3 Å². The minimum Gasteiger partial charge on any atom is -0.361 e. The molecular weight excluding hydrogens is 281 g/mol. The van der Waals surface area contributed by atoms with Gasteiger partial charge in [-0.2, -0.15) is 4.99 Å². The SMILES string of the molecule is CCNC(=S)N=c1sccn1Cc1ccccc1F. The maximum Gasteiger partial charge on any atom is 0.195 e. The van der Waals surface area contributed by atoms with E-state index in [1.54, 1.807) is 12.1 Å². The third-order valence-electron chi connectivity index (χ3n) is 2.48. The lowest BCUT2D eigenvalue weighted by atomic mass is 10.2. The summed E-state index contributed by atoms with van der Waals surface area (Å²) in [4.78, 5) is 5.07. The first-order valence-corrected chi connectivity index (χ1v) is 7.19. The van der Waals surface area contributed by atoms with Crippen molar-refractivity contribution in [2.24, 2.45) is 4.99 Å². The van der Waals surface area contributed by atoms with Crippen molar-refractivity contribution in [2.45, 2.75) is 13.5 Å². The standard InChI is InChI=1S/C13H14FN3S2/c1-2-15-12(18)16-13-17(7-8-19-13)9-10-5-3-4-6-11(10)14/h3-8H,2,9H2,1H3,(H,15,18). The van der Waals surface area contributed by atoms with E-state index in [1.807, 2.05) is 29.1 Å². The summed E-state index contributed by atoms with van der Waals surface area (Å²) in [5.41, 5.74) is 0.636. The van der Waals surface area contributed by atoms with Crippen molar-refractivity contribution in [3.63, 3.8) is 0 Å². The molecule has 0 radical (unpaired) electrons. The first-order valence-electron chi connectivity index (χ1n) is 5.90. The molecule has 0 spiro atoms. The zero-order valence-corrected chi connectivity index (χ0v) is 12.1. The van der Waals surface area contributed by atoms with Crippen LogP contribution in [0.25, 0.3) is 0 Å². The number of thiazole rings is 1. The predicted molar refractivity (Wildman–Crippen MR) is 79.6 cm³/mol. The average molecular weight is 295 g/mol. The van der Waals surface area contributed by atoms with E-state index in [9.17, 15) is 4.39 Å². The summed E-state index contributed by atoms with van der Waals surface area (Å²) in [5.74, 6) is -0.207. The summed E-state index contributed by atoms with van der Waals surface area (Å²) in [7, 11) is 0. The lowest BCUT2D eigenvalue weighted by Gasteiger charge is -2.05. The van der Waals surface area contributed by atoms with Gasteiger partial charge in [0, 0.05) is 23.7 Å². The van der Waals surface area contributed by atoms with E-state index in [-0.39, 0.29) is 5.82 Å². The molecule has 1 N–H and O–H groups in total. The van der Waals surface area contributed by atoms with Crippen molar-refractivity contribution in [2.75, 3.05) is 6.54 Å². The Balaban J connectivity index is 2.26. The fourth-order valence-corrected chi connectivity index (χ4v) is 2.62. The molecule has 0 atom stereocenters. The molecule has 0 amide bonds. The molecule has 100 valence electrons. The molecule has 0 aliphatic rings. The number of nitrogens with zero attached hydrogens (tertiary/aromatic N) is 2. The minimum absolute atomic E-state index is 0.207. The molecule has 0 aliphatic heterocycles. The monoisotopic (exact) mass is 295 g/mol. The molecule has 1 aromatic carbocycles. The zero-order chi connectivity index (χ0) is 13.7. The van der Waals surface area contributed by atoms with Gasteiger partial charge in [-0.1, -0.05) is 18.2 Å². The normalized spacial score (nSPS) is 11.6. The Labute approximate surface area is 120 Å². The molecule has 0 unspecified atom stereocenters. The van der Waals surface area contributed by atoms with Crippen molar-refractivity contribution < 1.29 is 4.39 Å². The van der Waals surface area contributed by atoms with Crippen LogP contribution in [-0.2, 0) is 6.54 Å². The van der Waals surface area contributed by atoms with Crippen LogP contribution in [0.2, 0.25) is 0 Å². The summed E-state index contributed by atoms with van der Waals surface area (Å²) in [6, 6.07) is 6.74. The van der Waals surface area contributed by atoms with Gasteiger partial charge >= 0.3 is 0 Å². The minimum atomic E-state index is -0.207. The molecule has 19 heavy (non-hydrogen) atoms. The van der Waals surface area contributed by atoms with Crippen LogP contribution < -0.4 is 10.1 Å². The highest BCUT2D eigenvalue weighted by molar-refractivity contribution is 7.80. The second-order valence-corrected chi connectivity index (χ2v) is 5.11. The predicted octanol–water partition coefficient (Wildman–Crippen LogP) is 2.53. The number of hydrogen-bond donors (Lipinski definition) is 1. The molecule has 1 aromatic heterocycles. The maximum absolute atomic E-state index is 13.6. The number of halogens is 1. The molecule has 2 rings (SSSR count).